The van der Waals surface area contributed by atoms with Gasteiger partial charge in [0.15, 0.2) is 0 Å². The molecule has 2 heterocycles. The van der Waals surface area contributed by atoms with Crippen molar-refractivity contribution in [1.29, 1.82) is 0 Å². The lowest BCUT2D eigenvalue weighted by Crippen LogP contribution is -2.50. The van der Waals surface area contributed by atoms with Gasteiger partial charge in [-0.25, -0.2) is 0 Å². The van der Waals surface area contributed by atoms with Crippen molar-refractivity contribution in [2.24, 2.45) is 0 Å². The van der Waals surface area contributed by atoms with Crippen LogP contribution < -0.4 is 10.1 Å². The second-order valence-corrected chi connectivity index (χ2v) is 8.25. The first-order chi connectivity index (χ1) is 15.7. The van der Waals surface area contributed by atoms with Gasteiger partial charge in [0.2, 0.25) is 5.91 Å². The molecular weight excluding hydrogens is 400 g/mol. The Kier molecular flexibility index (Phi) is 5.39. The fourth-order valence-corrected chi connectivity index (χ4v) is 4.93. The van der Waals surface area contributed by atoms with E-state index in [1.807, 2.05) is 72.5 Å². The molecule has 0 bridgehead atoms. The van der Waals surface area contributed by atoms with Gasteiger partial charge in [0.1, 0.15) is 5.75 Å². The summed E-state index contributed by atoms with van der Waals surface area (Å²) in [4.78, 5) is 28.8. The fraction of sp³-hybridized carbons (Fsp3) is 0.259. The zero-order valence-corrected chi connectivity index (χ0v) is 18.1. The Morgan fingerprint density at radius 2 is 1.72 bits per heavy atom. The maximum atomic E-state index is 13.6. The molecule has 0 spiro atoms. The Hall–Kier alpha value is -3.60. The molecule has 1 N–H and O–H groups in total. The van der Waals surface area contributed by atoms with E-state index < -0.39 is 5.92 Å². The van der Waals surface area contributed by atoms with Crippen molar-refractivity contribution in [2.75, 3.05) is 13.2 Å². The topological polar surface area (TPSA) is 58.6 Å². The summed E-state index contributed by atoms with van der Waals surface area (Å²) in [7, 11) is 0. The summed E-state index contributed by atoms with van der Waals surface area (Å²) >= 11 is 0. The first kappa shape index (κ1) is 20.3. The third kappa shape index (κ3) is 3.54. The molecule has 3 aromatic carbocycles. The SMILES string of the molecule is CCOc1ccc(CNC(=O)[C@H]2c3ccccc3C(=O)N3CCc4ccccc4[C@H]23)cc1. The summed E-state index contributed by atoms with van der Waals surface area (Å²) in [5, 5.41) is 3.12. The maximum absolute atomic E-state index is 13.6. The van der Waals surface area contributed by atoms with Gasteiger partial charge in [-0.3, -0.25) is 9.59 Å². The summed E-state index contributed by atoms with van der Waals surface area (Å²) in [6.45, 7) is 3.62. The highest BCUT2D eigenvalue weighted by atomic mass is 16.5. The van der Waals surface area contributed by atoms with E-state index in [1.54, 1.807) is 0 Å². The molecular formula is C27H26N2O3. The van der Waals surface area contributed by atoms with E-state index in [-0.39, 0.29) is 17.9 Å². The summed E-state index contributed by atoms with van der Waals surface area (Å²) in [6, 6.07) is 23.2. The van der Waals surface area contributed by atoms with Crippen LogP contribution in [-0.2, 0) is 17.8 Å². The average Bonchev–Trinajstić information content (AvgIpc) is 2.84. The highest BCUT2D eigenvalue weighted by Crippen LogP contribution is 2.45. The number of carbonyl (C=O) groups excluding carboxylic acids is 2. The minimum Gasteiger partial charge on any atom is -0.494 e. The smallest absolute Gasteiger partial charge is 0.254 e. The summed E-state index contributed by atoms with van der Waals surface area (Å²) in [5.41, 5.74) is 4.72. The molecule has 2 amide bonds. The third-order valence-corrected chi connectivity index (χ3v) is 6.42. The first-order valence-corrected chi connectivity index (χ1v) is 11.1. The second kappa shape index (κ2) is 8.50. The molecule has 32 heavy (non-hydrogen) atoms. The predicted octanol–water partition coefficient (Wildman–Crippen LogP) is 4.24. The predicted molar refractivity (Wildman–Crippen MR) is 123 cm³/mol. The van der Waals surface area contributed by atoms with Gasteiger partial charge in [0, 0.05) is 18.7 Å². The number of nitrogens with one attached hydrogen (secondary N) is 1. The quantitative estimate of drug-likeness (QED) is 0.664. The van der Waals surface area contributed by atoms with E-state index in [2.05, 4.69) is 17.4 Å². The molecule has 0 aromatic heterocycles. The number of rotatable bonds is 5. The van der Waals surface area contributed by atoms with Crippen molar-refractivity contribution >= 4 is 11.8 Å². The number of amides is 2. The Morgan fingerprint density at radius 1 is 1.00 bits per heavy atom. The first-order valence-electron chi connectivity index (χ1n) is 11.1. The lowest BCUT2D eigenvalue weighted by molar-refractivity contribution is -0.124. The molecule has 5 rings (SSSR count). The highest BCUT2D eigenvalue weighted by Gasteiger charge is 2.45. The summed E-state index contributed by atoms with van der Waals surface area (Å²) in [5.74, 6) is 0.311. The molecule has 5 nitrogen and oxygen atoms in total. The number of hydrogen-bond acceptors (Lipinski definition) is 3. The zero-order valence-electron chi connectivity index (χ0n) is 18.1. The second-order valence-electron chi connectivity index (χ2n) is 8.25. The van der Waals surface area contributed by atoms with Gasteiger partial charge < -0.3 is 15.0 Å². The van der Waals surface area contributed by atoms with Gasteiger partial charge in [0.25, 0.3) is 5.91 Å². The lowest BCUT2D eigenvalue weighted by Gasteiger charge is -2.45. The van der Waals surface area contributed by atoms with E-state index in [9.17, 15) is 9.59 Å². The zero-order chi connectivity index (χ0) is 22.1. The van der Waals surface area contributed by atoms with Crippen LogP contribution in [0.5, 0.6) is 5.75 Å². The molecule has 3 aromatic rings. The molecule has 0 saturated carbocycles. The van der Waals surface area contributed by atoms with E-state index in [0.717, 1.165) is 28.9 Å². The van der Waals surface area contributed by atoms with Crippen LogP contribution in [0.15, 0.2) is 72.8 Å². The van der Waals surface area contributed by atoms with Crippen LogP contribution in [0.1, 0.15) is 51.5 Å². The number of fused-ring (bicyclic) bond motifs is 4. The largest absolute Gasteiger partial charge is 0.494 e. The molecule has 2 aliphatic rings. The summed E-state index contributed by atoms with van der Waals surface area (Å²) < 4.78 is 5.50. The van der Waals surface area contributed by atoms with Gasteiger partial charge in [-0.2, -0.15) is 0 Å². The molecule has 0 radical (unpaired) electrons. The van der Waals surface area contributed by atoms with Crippen LogP contribution >= 0.6 is 0 Å². The van der Waals surface area contributed by atoms with E-state index in [1.165, 1.54) is 5.56 Å². The molecule has 162 valence electrons. The number of benzene rings is 3. The minimum atomic E-state index is -0.451. The van der Waals surface area contributed by atoms with Crippen molar-refractivity contribution in [1.82, 2.24) is 10.2 Å². The highest BCUT2D eigenvalue weighted by molar-refractivity contribution is 6.01. The van der Waals surface area contributed by atoms with Crippen molar-refractivity contribution in [2.45, 2.75) is 31.8 Å². The normalized spacial score (nSPS) is 18.9. The number of carbonyl (C=O) groups is 2. The van der Waals surface area contributed by atoms with Gasteiger partial charge >= 0.3 is 0 Å². The van der Waals surface area contributed by atoms with Crippen molar-refractivity contribution in [3.05, 3.63) is 101 Å². The van der Waals surface area contributed by atoms with Gasteiger partial charge in [-0.05, 0) is 53.8 Å². The average molecular weight is 427 g/mol. The minimum absolute atomic E-state index is 0.00988. The molecule has 2 aliphatic heterocycles. The van der Waals surface area contributed by atoms with Gasteiger partial charge in [-0.1, -0.05) is 54.6 Å². The van der Waals surface area contributed by atoms with Crippen LogP contribution in [0.2, 0.25) is 0 Å². The number of nitrogens with zero attached hydrogens (tertiary/aromatic N) is 1. The summed E-state index contributed by atoms with van der Waals surface area (Å²) in [6.07, 6.45) is 0.807. The van der Waals surface area contributed by atoms with Gasteiger partial charge in [0.05, 0.1) is 18.6 Å². The fourth-order valence-electron chi connectivity index (χ4n) is 4.93. The molecule has 2 atom stereocenters. The van der Waals surface area contributed by atoms with Crippen molar-refractivity contribution in [3.63, 3.8) is 0 Å². The Labute approximate surface area is 188 Å². The van der Waals surface area contributed by atoms with Crippen molar-refractivity contribution in [3.8, 4) is 5.75 Å². The van der Waals surface area contributed by atoms with Crippen LogP contribution in [0.4, 0.5) is 0 Å². The van der Waals surface area contributed by atoms with E-state index in [4.69, 9.17) is 4.74 Å². The van der Waals surface area contributed by atoms with Gasteiger partial charge in [-0.15, -0.1) is 0 Å². The Morgan fingerprint density at radius 3 is 2.50 bits per heavy atom. The third-order valence-electron chi connectivity index (χ3n) is 6.42. The number of ether oxygens (including phenoxy) is 1. The maximum Gasteiger partial charge on any atom is 0.254 e. The van der Waals surface area contributed by atoms with Crippen LogP contribution in [0, 0.1) is 0 Å². The van der Waals surface area contributed by atoms with Crippen LogP contribution in [0.25, 0.3) is 0 Å². The standard InChI is InChI=1S/C27H26N2O3/c1-2-32-20-13-11-18(12-14-20)17-28-26(30)24-22-9-5-6-10-23(22)27(31)29-16-15-19-7-3-4-8-21(19)25(24)29/h3-14,24-25H,2,15-17H2,1H3,(H,28,30)/t24-,25+/m0/s1. The molecule has 0 unspecified atom stereocenters. The van der Waals surface area contributed by atoms with E-state index >= 15 is 0 Å². The molecule has 0 fully saturated rings. The van der Waals surface area contributed by atoms with E-state index in [0.29, 0.717) is 25.3 Å². The molecule has 5 heteroatoms. The monoisotopic (exact) mass is 426 g/mol. The van der Waals surface area contributed by atoms with Crippen LogP contribution in [0.3, 0.4) is 0 Å². The molecule has 0 aliphatic carbocycles. The number of hydrogen-bond donors (Lipinski definition) is 1. The Balaban J connectivity index is 1.47. The molecule has 0 saturated heterocycles. The lowest BCUT2D eigenvalue weighted by atomic mass is 9.76. The van der Waals surface area contributed by atoms with Crippen molar-refractivity contribution < 1.29 is 14.3 Å². The Bertz CT molecular complexity index is 1160. The van der Waals surface area contributed by atoms with Crippen LogP contribution in [-0.4, -0.2) is 29.9 Å².